The van der Waals surface area contributed by atoms with E-state index in [9.17, 15) is 4.79 Å². The Morgan fingerprint density at radius 2 is 2.08 bits per heavy atom. The van der Waals surface area contributed by atoms with E-state index in [4.69, 9.17) is 14.1 Å². The molecule has 4 heterocycles. The molecule has 2 aliphatic rings. The Hall–Kier alpha value is -4.09. The summed E-state index contributed by atoms with van der Waals surface area (Å²) in [5, 5.41) is 11.4. The molecule has 11 nitrogen and oxygen atoms in total. The first-order valence-electron chi connectivity index (χ1n) is 12.8. The average molecular weight is 516 g/mol. The minimum Gasteiger partial charge on any atom is -0.394 e. The zero-order valence-electron chi connectivity index (χ0n) is 21.2. The molecule has 1 aliphatic heterocycles. The molecule has 0 spiro atoms. The lowest BCUT2D eigenvalue weighted by Crippen LogP contribution is -2.38. The summed E-state index contributed by atoms with van der Waals surface area (Å²) in [6.45, 7) is 6.81. The van der Waals surface area contributed by atoms with Crippen molar-refractivity contribution in [2.45, 2.75) is 25.7 Å². The fraction of sp³-hybridized carbons (Fsp3) is 0.370. The van der Waals surface area contributed by atoms with Gasteiger partial charge in [-0.15, -0.1) is 0 Å². The van der Waals surface area contributed by atoms with Crippen LogP contribution in [0.2, 0.25) is 0 Å². The van der Waals surface area contributed by atoms with Crippen molar-refractivity contribution in [2.75, 3.05) is 44.8 Å². The quantitative estimate of drug-likeness (QED) is 0.280. The van der Waals surface area contributed by atoms with E-state index in [-0.39, 0.29) is 11.8 Å². The molecule has 2 fully saturated rings. The number of aromatic nitrogens is 4. The largest absolute Gasteiger partial charge is 0.394 e. The van der Waals surface area contributed by atoms with E-state index in [2.05, 4.69) is 30.5 Å². The number of rotatable bonds is 8. The summed E-state index contributed by atoms with van der Waals surface area (Å²) in [4.78, 5) is 29.7. The van der Waals surface area contributed by atoms with E-state index in [1.54, 1.807) is 10.6 Å². The van der Waals surface area contributed by atoms with Crippen molar-refractivity contribution in [3.05, 3.63) is 65.9 Å². The maximum absolute atomic E-state index is 13.0. The molecule has 1 saturated carbocycles. The van der Waals surface area contributed by atoms with E-state index in [0.717, 1.165) is 62.5 Å². The fourth-order valence-electron chi connectivity index (χ4n) is 4.59. The van der Waals surface area contributed by atoms with Gasteiger partial charge in [0.1, 0.15) is 17.9 Å². The SMILES string of the molecule is Cc1ccc(-c2noc(C3CC(=NOCCN4CCOCC4)C3)n2)cc1NC(=O)c1cnc2ccccn12. The van der Waals surface area contributed by atoms with Crippen molar-refractivity contribution in [1.82, 2.24) is 24.4 Å². The van der Waals surface area contributed by atoms with Crippen LogP contribution in [0.1, 0.15) is 40.7 Å². The van der Waals surface area contributed by atoms with Crippen molar-refractivity contribution in [1.29, 1.82) is 0 Å². The fourth-order valence-corrected chi connectivity index (χ4v) is 4.59. The third kappa shape index (κ3) is 5.15. The number of hydrogen-bond donors (Lipinski definition) is 1. The van der Waals surface area contributed by atoms with E-state index >= 15 is 0 Å². The number of aryl methyl sites for hydroxylation is 1. The van der Waals surface area contributed by atoms with Crippen LogP contribution >= 0.6 is 0 Å². The number of benzene rings is 1. The topological polar surface area (TPSA) is 119 Å². The molecule has 1 aromatic carbocycles. The van der Waals surface area contributed by atoms with Crippen molar-refractivity contribution >= 4 is 23.0 Å². The minimum atomic E-state index is -0.244. The van der Waals surface area contributed by atoms with Gasteiger partial charge in [-0.05, 0) is 30.7 Å². The number of carbonyl (C=O) groups excluding carboxylic acids is 1. The van der Waals surface area contributed by atoms with Crippen LogP contribution in [0, 0.1) is 6.92 Å². The van der Waals surface area contributed by atoms with Crippen LogP contribution in [-0.4, -0.2) is 75.5 Å². The van der Waals surface area contributed by atoms with Gasteiger partial charge in [-0.25, -0.2) is 4.98 Å². The predicted octanol–water partition coefficient (Wildman–Crippen LogP) is 3.53. The number of nitrogens with zero attached hydrogens (tertiary/aromatic N) is 6. The van der Waals surface area contributed by atoms with E-state index in [1.165, 1.54) is 0 Å². The predicted molar refractivity (Wildman–Crippen MR) is 140 cm³/mol. The summed E-state index contributed by atoms with van der Waals surface area (Å²) in [5.74, 6) is 0.963. The van der Waals surface area contributed by atoms with Crippen LogP contribution in [0.25, 0.3) is 17.0 Å². The number of hydrogen-bond acceptors (Lipinski definition) is 9. The first-order chi connectivity index (χ1) is 18.6. The number of nitrogens with one attached hydrogen (secondary N) is 1. The zero-order chi connectivity index (χ0) is 25.9. The van der Waals surface area contributed by atoms with Gasteiger partial charge in [0.15, 0.2) is 0 Å². The maximum Gasteiger partial charge on any atom is 0.274 e. The van der Waals surface area contributed by atoms with Gasteiger partial charge in [0.25, 0.3) is 5.91 Å². The zero-order valence-corrected chi connectivity index (χ0v) is 21.2. The van der Waals surface area contributed by atoms with Crippen LogP contribution in [0.15, 0.2) is 58.5 Å². The third-order valence-corrected chi connectivity index (χ3v) is 6.94. The molecule has 1 saturated heterocycles. The van der Waals surface area contributed by atoms with Gasteiger partial charge in [-0.3, -0.25) is 14.1 Å². The van der Waals surface area contributed by atoms with Crippen LogP contribution < -0.4 is 5.32 Å². The molecule has 4 aromatic rings. The van der Waals surface area contributed by atoms with E-state index in [0.29, 0.717) is 35.4 Å². The average Bonchev–Trinajstić information content (AvgIpc) is 3.57. The molecule has 0 unspecified atom stereocenters. The normalized spacial score (nSPS) is 17.8. The Kier molecular flexibility index (Phi) is 6.84. The molecule has 0 bridgehead atoms. The summed E-state index contributed by atoms with van der Waals surface area (Å²) in [7, 11) is 0. The highest BCUT2D eigenvalue weighted by atomic mass is 16.6. The molecule has 196 valence electrons. The number of fused-ring (bicyclic) bond motifs is 1. The molecule has 1 aliphatic carbocycles. The molecule has 0 radical (unpaired) electrons. The highest BCUT2D eigenvalue weighted by Gasteiger charge is 2.32. The monoisotopic (exact) mass is 515 g/mol. The summed E-state index contributed by atoms with van der Waals surface area (Å²) < 4.78 is 12.7. The van der Waals surface area contributed by atoms with Crippen LogP contribution in [0.4, 0.5) is 5.69 Å². The van der Waals surface area contributed by atoms with Gasteiger partial charge in [0, 0.05) is 55.8 Å². The second-order valence-corrected chi connectivity index (χ2v) is 9.56. The number of amides is 1. The molecular weight excluding hydrogens is 486 g/mol. The third-order valence-electron chi connectivity index (χ3n) is 6.94. The van der Waals surface area contributed by atoms with Crippen LogP contribution in [-0.2, 0) is 9.57 Å². The highest BCUT2D eigenvalue weighted by Crippen LogP contribution is 2.35. The molecule has 3 aromatic heterocycles. The van der Waals surface area contributed by atoms with Crippen molar-refractivity contribution in [2.24, 2.45) is 5.16 Å². The second-order valence-electron chi connectivity index (χ2n) is 9.56. The smallest absolute Gasteiger partial charge is 0.274 e. The summed E-state index contributed by atoms with van der Waals surface area (Å²) in [5.41, 5.74) is 4.54. The molecule has 0 atom stereocenters. The van der Waals surface area contributed by atoms with Gasteiger partial charge in [0.05, 0.1) is 25.1 Å². The highest BCUT2D eigenvalue weighted by molar-refractivity contribution is 6.04. The maximum atomic E-state index is 13.0. The van der Waals surface area contributed by atoms with Crippen molar-refractivity contribution < 1.29 is 18.9 Å². The van der Waals surface area contributed by atoms with Gasteiger partial charge in [-0.2, -0.15) is 4.98 Å². The Bertz CT molecular complexity index is 1460. The van der Waals surface area contributed by atoms with Gasteiger partial charge in [-0.1, -0.05) is 28.5 Å². The number of imidazole rings is 1. The van der Waals surface area contributed by atoms with Crippen LogP contribution in [0.5, 0.6) is 0 Å². The van der Waals surface area contributed by atoms with Gasteiger partial charge in [0.2, 0.25) is 11.7 Å². The molecular formula is C27H29N7O4. The molecule has 6 rings (SSSR count). The Labute approximate surface area is 219 Å². The number of anilines is 1. The Morgan fingerprint density at radius 1 is 1.21 bits per heavy atom. The Morgan fingerprint density at radius 3 is 2.95 bits per heavy atom. The summed E-state index contributed by atoms with van der Waals surface area (Å²) in [6.07, 6.45) is 4.87. The first kappa shape index (κ1) is 24.3. The number of pyridine rings is 1. The lowest BCUT2D eigenvalue weighted by atomic mass is 9.83. The van der Waals surface area contributed by atoms with Crippen molar-refractivity contribution in [3.8, 4) is 11.4 Å². The van der Waals surface area contributed by atoms with E-state index in [1.807, 2.05) is 49.5 Å². The van der Waals surface area contributed by atoms with E-state index < -0.39 is 0 Å². The lowest BCUT2D eigenvalue weighted by Gasteiger charge is -2.26. The molecule has 1 amide bonds. The van der Waals surface area contributed by atoms with Gasteiger partial charge < -0.3 is 19.4 Å². The second kappa shape index (κ2) is 10.7. The Balaban J connectivity index is 1.06. The molecule has 11 heteroatoms. The first-order valence-corrected chi connectivity index (χ1v) is 12.8. The number of oxime groups is 1. The molecule has 38 heavy (non-hydrogen) atoms. The molecule has 1 N–H and O–H groups in total. The van der Waals surface area contributed by atoms with Crippen LogP contribution in [0.3, 0.4) is 0 Å². The number of ether oxygens (including phenoxy) is 1. The summed E-state index contributed by atoms with van der Waals surface area (Å²) in [6, 6.07) is 11.3. The standard InChI is InChI=1S/C27H29N7O4/c1-18-5-6-19(16-22(18)29-26(35)23-17-28-24-4-2-3-7-34(23)24)25-30-27(38-32-25)20-14-21(15-20)31-37-13-10-33-8-11-36-12-9-33/h2-7,16-17,20H,8-15H2,1H3,(H,29,35). The van der Waals surface area contributed by atoms with Gasteiger partial charge >= 0.3 is 0 Å². The van der Waals surface area contributed by atoms with Crippen molar-refractivity contribution in [3.63, 3.8) is 0 Å². The number of morpholine rings is 1. The summed E-state index contributed by atoms with van der Waals surface area (Å²) >= 11 is 0. The number of carbonyl (C=O) groups is 1. The minimum absolute atomic E-state index is 0.137. The lowest BCUT2D eigenvalue weighted by molar-refractivity contribution is 0.0209.